The zero-order chi connectivity index (χ0) is 45.3. The number of carbonyl (C=O) groups excluding carboxylic acids is 2. The number of fused-ring (bicyclic) bond motifs is 8. The SMILES string of the molecule is Cc1ccc(-c2c3nc(c(-c4ccc(C)cc4)c4ccc([n-]4)c(C4CCC(C5=C(C(F)(F)F)C(=O)C(Br)=C(Br)C5=O)CC4)c4nc(c(-c5ccc(C)cc5)c5ccc2[n-]5)C=C4)C=C3)cc1.[Zn+2]. The van der Waals surface area contributed by atoms with E-state index in [-0.39, 0.29) is 42.7 Å². The second kappa shape index (κ2) is 17.9. The van der Waals surface area contributed by atoms with Gasteiger partial charge in [0, 0.05) is 5.57 Å². The number of allylic oxidation sites excluding steroid dienone is 4. The van der Waals surface area contributed by atoms with Crippen molar-refractivity contribution in [2.45, 2.75) is 58.5 Å². The van der Waals surface area contributed by atoms with E-state index in [9.17, 15) is 22.8 Å². The Morgan fingerprint density at radius 2 is 0.848 bits per heavy atom. The van der Waals surface area contributed by atoms with E-state index in [1.807, 2.05) is 62.4 Å². The number of hydrogen-bond acceptors (Lipinski definition) is 4. The number of carbonyl (C=O) groups is 2. The van der Waals surface area contributed by atoms with Crippen LogP contribution in [0.5, 0.6) is 0 Å². The summed E-state index contributed by atoms with van der Waals surface area (Å²) in [6.07, 6.45) is 4.44. The fraction of sp³-hybridized carbons (Fsp3) is 0.185. The van der Waals surface area contributed by atoms with Crippen LogP contribution >= 0.6 is 31.9 Å². The van der Waals surface area contributed by atoms with E-state index in [1.165, 1.54) is 0 Å². The molecule has 0 N–H and O–H groups in total. The van der Waals surface area contributed by atoms with Gasteiger partial charge in [0.15, 0.2) is 5.78 Å². The number of aryl methyl sites for hydroxylation is 3. The zero-order valence-electron chi connectivity index (χ0n) is 36.2. The molecule has 3 aromatic heterocycles. The Balaban J connectivity index is 0.00000548. The van der Waals surface area contributed by atoms with Gasteiger partial charge in [-0.25, -0.2) is 9.97 Å². The summed E-state index contributed by atoms with van der Waals surface area (Å²) in [5, 5.41) is 0. The molecule has 0 amide bonds. The minimum absolute atomic E-state index is 0. The average Bonchev–Trinajstić information content (AvgIpc) is 4.14. The van der Waals surface area contributed by atoms with Gasteiger partial charge in [0.1, 0.15) is 5.57 Å². The fourth-order valence-electron chi connectivity index (χ4n) is 9.58. The van der Waals surface area contributed by atoms with Gasteiger partial charge in [-0.1, -0.05) is 114 Å². The van der Waals surface area contributed by atoms with Crippen LogP contribution in [0.3, 0.4) is 0 Å². The molecule has 6 nitrogen and oxygen atoms in total. The molecule has 324 valence electrons. The Bertz CT molecular complexity index is 3240. The van der Waals surface area contributed by atoms with Gasteiger partial charge in [-0.2, -0.15) is 13.2 Å². The van der Waals surface area contributed by atoms with Gasteiger partial charge in [-0.15, -0.1) is 22.1 Å². The number of halogens is 5. The molecule has 0 atom stereocenters. The van der Waals surface area contributed by atoms with Gasteiger partial charge in [-0.3, -0.25) is 9.59 Å². The smallest absolute Gasteiger partial charge is 0.657 e. The van der Waals surface area contributed by atoms with Crippen LogP contribution in [0.1, 0.15) is 76.6 Å². The van der Waals surface area contributed by atoms with E-state index in [4.69, 9.17) is 19.9 Å². The number of alkyl halides is 3. The summed E-state index contributed by atoms with van der Waals surface area (Å²) in [6, 6.07) is 33.0. The molecule has 3 aromatic carbocycles. The monoisotopic (exact) mass is 1050 g/mol. The first kappa shape index (κ1) is 45.6. The summed E-state index contributed by atoms with van der Waals surface area (Å²) >= 11 is 6.03. The summed E-state index contributed by atoms with van der Waals surface area (Å²) in [4.78, 5) is 48.0. The predicted octanol–water partition coefficient (Wildman–Crippen LogP) is 14.1. The topological polar surface area (TPSA) is 88.1 Å². The number of rotatable bonds is 5. The van der Waals surface area contributed by atoms with Crippen LogP contribution in [0.4, 0.5) is 13.2 Å². The maximum absolute atomic E-state index is 14.6. The number of Topliss-reactive ketones (excluding diaryl/α,β-unsaturated/α-hetero) is 2. The molecule has 8 bridgehead atoms. The number of benzene rings is 3. The van der Waals surface area contributed by atoms with Crippen LogP contribution in [0, 0.1) is 26.7 Å². The molecule has 2 aliphatic heterocycles. The summed E-state index contributed by atoms with van der Waals surface area (Å²) in [5.74, 6) is -3.01. The molecule has 4 aliphatic rings. The first-order valence-corrected chi connectivity index (χ1v) is 23.0. The Hall–Kier alpha value is -5.55. The largest absolute Gasteiger partial charge is 2.00 e. The third kappa shape index (κ3) is 8.30. The van der Waals surface area contributed by atoms with Crippen LogP contribution in [-0.4, -0.2) is 27.7 Å². The molecule has 1 fully saturated rings. The molecule has 6 aromatic rings. The second-order valence-corrected chi connectivity index (χ2v) is 18.7. The molecule has 0 saturated heterocycles. The van der Waals surface area contributed by atoms with Crippen LogP contribution < -0.4 is 9.97 Å². The average molecular weight is 1060 g/mol. The van der Waals surface area contributed by atoms with Crippen LogP contribution in [-0.2, 0) is 29.1 Å². The minimum atomic E-state index is -5.00. The van der Waals surface area contributed by atoms with E-state index in [2.05, 4.69) is 112 Å². The zero-order valence-corrected chi connectivity index (χ0v) is 42.4. The summed E-state index contributed by atoms with van der Waals surface area (Å²) in [6.45, 7) is 6.16. The van der Waals surface area contributed by atoms with Crippen LogP contribution in [0.15, 0.2) is 117 Å². The maximum Gasteiger partial charge on any atom is 2.00 e. The van der Waals surface area contributed by atoms with E-state index in [0.717, 1.165) is 78.1 Å². The van der Waals surface area contributed by atoms with Crippen molar-refractivity contribution in [1.29, 1.82) is 0 Å². The molecule has 0 radical (unpaired) electrons. The molecule has 12 heteroatoms. The predicted molar refractivity (Wildman–Crippen MR) is 260 cm³/mol. The third-order valence-electron chi connectivity index (χ3n) is 12.8. The summed E-state index contributed by atoms with van der Waals surface area (Å²) in [5.41, 5.74) is 13.7. The number of hydrogen-bond donors (Lipinski definition) is 0. The normalized spacial score (nSPS) is 17.5. The van der Waals surface area contributed by atoms with Crippen molar-refractivity contribution in [2.24, 2.45) is 5.92 Å². The van der Waals surface area contributed by atoms with Gasteiger partial charge in [0.2, 0.25) is 5.78 Å². The van der Waals surface area contributed by atoms with Gasteiger partial charge >= 0.3 is 25.7 Å². The van der Waals surface area contributed by atoms with E-state index in [0.29, 0.717) is 35.3 Å². The molecule has 5 heterocycles. The molecule has 10 rings (SSSR count). The Kier molecular flexibility index (Phi) is 12.4. The third-order valence-corrected chi connectivity index (χ3v) is 14.9. The maximum atomic E-state index is 14.6. The number of aromatic nitrogens is 4. The first-order valence-electron chi connectivity index (χ1n) is 21.5. The second-order valence-electron chi connectivity index (χ2n) is 17.1. The first-order chi connectivity index (χ1) is 31.2. The molecular weight excluding hydrogens is 1020 g/mol. The van der Waals surface area contributed by atoms with Gasteiger partial charge in [0.25, 0.3) is 0 Å². The number of nitrogens with zero attached hydrogens (tertiary/aromatic N) is 4. The molecule has 2 aliphatic carbocycles. The standard InChI is InChI=1S/C54H39Br2F3N4O2.Zn/c1-28-4-10-31(11-5-28)44-36-20-22-38(60-36)45(32-12-6-29(2)7-13-32)40-24-26-42(62-40)47(34-16-18-35(19-17-34)48-49(54(57,58)59)53(65)51(56)50(55)52(48)64)43-27-25-41(63-43)46(39-23-21-37(44)61-39)33-14-8-30(3)9-15-33;/h4-15,20-27,34-35H,16-19H2,1-3H3;/q-2;+2. The number of ketones is 2. The van der Waals surface area contributed by atoms with Gasteiger partial charge < -0.3 is 9.97 Å². The molecular formula is C54H39Br2F3N4O2Zn. The van der Waals surface area contributed by atoms with Crippen LogP contribution in [0.2, 0.25) is 0 Å². The molecule has 66 heavy (non-hydrogen) atoms. The van der Waals surface area contributed by atoms with Crippen molar-refractivity contribution in [3.05, 3.63) is 162 Å². The van der Waals surface area contributed by atoms with Crippen LogP contribution in [0.25, 0.3) is 79.8 Å². The van der Waals surface area contributed by atoms with Gasteiger partial charge in [0.05, 0.1) is 31.7 Å². The molecule has 0 unspecified atom stereocenters. The molecule has 1 saturated carbocycles. The summed E-state index contributed by atoms with van der Waals surface area (Å²) < 4.78 is 43.1. The quantitative estimate of drug-likeness (QED) is 0.126. The van der Waals surface area contributed by atoms with Gasteiger partial charge in [-0.05, 0) is 153 Å². The summed E-state index contributed by atoms with van der Waals surface area (Å²) in [7, 11) is 0. The van der Waals surface area contributed by atoms with E-state index >= 15 is 0 Å². The minimum Gasteiger partial charge on any atom is -0.657 e. The van der Waals surface area contributed by atoms with E-state index < -0.39 is 39.3 Å². The van der Waals surface area contributed by atoms with Crippen molar-refractivity contribution in [3.63, 3.8) is 0 Å². The Morgan fingerprint density at radius 3 is 1.27 bits per heavy atom. The van der Waals surface area contributed by atoms with Crippen molar-refractivity contribution in [3.8, 4) is 33.4 Å². The van der Waals surface area contributed by atoms with Crippen molar-refractivity contribution in [2.75, 3.05) is 0 Å². The van der Waals surface area contributed by atoms with Crippen molar-refractivity contribution < 1.29 is 42.2 Å². The fourth-order valence-corrected chi connectivity index (χ4v) is 10.4. The molecule has 0 spiro atoms. The van der Waals surface area contributed by atoms with Crippen molar-refractivity contribution >= 4 is 89.8 Å². The Morgan fingerprint density at radius 1 is 0.500 bits per heavy atom. The Labute approximate surface area is 409 Å². The van der Waals surface area contributed by atoms with Crippen molar-refractivity contribution in [1.82, 2.24) is 19.9 Å². The van der Waals surface area contributed by atoms with E-state index in [1.54, 1.807) is 0 Å².